The van der Waals surface area contributed by atoms with E-state index >= 15 is 0 Å². The lowest BCUT2D eigenvalue weighted by Gasteiger charge is -2.37. The van der Waals surface area contributed by atoms with Gasteiger partial charge in [-0.05, 0) is 62.3 Å². The first-order valence-corrected chi connectivity index (χ1v) is 8.90. The average molecular weight is 333 g/mol. The molecule has 2 heterocycles. The van der Waals surface area contributed by atoms with Crippen molar-refractivity contribution in [3.05, 3.63) is 28.6 Å². The lowest BCUT2D eigenvalue weighted by atomic mass is 9.97. The molecule has 0 radical (unpaired) electrons. The van der Waals surface area contributed by atoms with Crippen molar-refractivity contribution in [2.75, 3.05) is 13.7 Å². The number of ether oxygens (including phenoxy) is 1. The highest BCUT2D eigenvalue weighted by molar-refractivity contribution is 7.21. The fourth-order valence-electron chi connectivity index (χ4n) is 3.37. The van der Waals surface area contributed by atoms with Gasteiger partial charge in [-0.3, -0.25) is 4.79 Å². The van der Waals surface area contributed by atoms with Crippen LogP contribution in [0.5, 0.6) is 5.75 Å². The number of methoxy groups -OCH3 is 1. The number of benzene rings is 1. The van der Waals surface area contributed by atoms with Crippen LogP contribution in [-0.4, -0.2) is 41.7 Å². The smallest absolute Gasteiger partial charge is 0.264 e. The summed E-state index contributed by atoms with van der Waals surface area (Å²) in [6.45, 7) is 4.50. The zero-order chi connectivity index (χ0) is 16.6. The third-order valence-corrected chi connectivity index (χ3v) is 5.97. The Morgan fingerprint density at radius 2 is 2.22 bits per heavy atom. The summed E-state index contributed by atoms with van der Waals surface area (Å²) in [5.74, 6) is 0.852. The molecule has 1 aromatic heterocycles. The molecule has 1 fully saturated rings. The van der Waals surface area contributed by atoms with E-state index in [1.54, 1.807) is 14.0 Å². The third kappa shape index (κ3) is 2.95. The zero-order valence-electron chi connectivity index (χ0n) is 13.8. The molecule has 1 aliphatic heterocycles. The molecule has 1 N–H and O–H groups in total. The minimum atomic E-state index is -0.492. The van der Waals surface area contributed by atoms with Gasteiger partial charge in [-0.1, -0.05) is 0 Å². The first-order chi connectivity index (χ1) is 11.0. The van der Waals surface area contributed by atoms with Crippen LogP contribution in [0.1, 0.15) is 41.4 Å². The number of hydrogen-bond donors (Lipinski definition) is 1. The highest BCUT2D eigenvalue weighted by atomic mass is 32.1. The van der Waals surface area contributed by atoms with Crippen molar-refractivity contribution in [1.29, 1.82) is 0 Å². The molecular weight excluding hydrogens is 310 g/mol. The molecule has 3 rings (SSSR count). The molecule has 5 heteroatoms. The Labute approximate surface area is 140 Å². The normalized spacial score (nSPS) is 19.8. The maximum atomic E-state index is 13.1. The van der Waals surface area contributed by atoms with Gasteiger partial charge in [-0.15, -0.1) is 11.3 Å². The van der Waals surface area contributed by atoms with E-state index < -0.39 is 6.10 Å². The van der Waals surface area contributed by atoms with Gasteiger partial charge in [0.25, 0.3) is 5.91 Å². The van der Waals surface area contributed by atoms with E-state index in [1.165, 1.54) is 11.3 Å². The number of hydrogen-bond acceptors (Lipinski definition) is 4. The monoisotopic (exact) mass is 333 g/mol. The number of carbonyl (C=O) groups excluding carboxylic acids is 1. The predicted octanol–water partition coefficient (Wildman–Crippen LogP) is 3.59. The highest BCUT2D eigenvalue weighted by Gasteiger charge is 2.32. The van der Waals surface area contributed by atoms with Crippen molar-refractivity contribution in [2.45, 2.75) is 45.3 Å². The maximum Gasteiger partial charge on any atom is 0.264 e. The summed E-state index contributed by atoms with van der Waals surface area (Å²) in [5.41, 5.74) is 1.00. The van der Waals surface area contributed by atoms with Gasteiger partial charge in [-0.25, -0.2) is 0 Å². The molecule has 1 aromatic carbocycles. The number of nitrogens with zero attached hydrogens (tertiary/aromatic N) is 1. The summed E-state index contributed by atoms with van der Waals surface area (Å²) in [6, 6.07) is 5.84. The Morgan fingerprint density at radius 3 is 2.91 bits per heavy atom. The van der Waals surface area contributed by atoms with Gasteiger partial charge in [0.1, 0.15) is 5.75 Å². The molecule has 1 amide bonds. The van der Waals surface area contributed by atoms with Crippen molar-refractivity contribution < 1.29 is 14.6 Å². The van der Waals surface area contributed by atoms with Crippen molar-refractivity contribution in [3.63, 3.8) is 0 Å². The number of aliphatic hydroxyl groups is 1. The SMILES string of the molecule is COc1ccc2sc(C(=O)N3CCCCC3C(C)O)c(C)c2c1. The highest BCUT2D eigenvalue weighted by Crippen LogP contribution is 2.35. The molecule has 2 aromatic rings. The Hall–Kier alpha value is -1.59. The van der Waals surface area contributed by atoms with Gasteiger partial charge >= 0.3 is 0 Å². The van der Waals surface area contributed by atoms with Gasteiger partial charge in [-0.2, -0.15) is 0 Å². The molecule has 23 heavy (non-hydrogen) atoms. The third-order valence-electron chi connectivity index (χ3n) is 4.70. The minimum absolute atomic E-state index is 0.0493. The summed E-state index contributed by atoms with van der Waals surface area (Å²) < 4.78 is 6.38. The molecule has 2 atom stereocenters. The predicted molar refractivity (Wildman–Crippen MR) is 93.5 cm³/mol. The van der Waals surface area contributed by atoms with Crippen LogP contribution in [0.2, 0.25) is 0 Å². The molecule has 4 nitrogen and oxygen atoms in total. The number of thiophene rings is 1. The summed E-state index contributed by atoms with van der Waals surface area (Å²) in [4.78, 5) is 15.7. The van der Waals surface area contributed by atoms with Crippen LogP contribution < -0.4 is 4.74 Å². The minimum Gasteiger partial charge on any atom is -0.497 e. The molecule has 0 bridgehead atoms. The van der Waals surface area contributed by atoms with Crippen LogP contribution in [0.25, 0.3) is 10.1 Å². The Kier molecular flexibility index (Phi) is 4.60. The molecular formula is C18H23NO3S. The fourth-order valence-corrected chi connectivity index (χ4v) is 4.52. The summed E-state index contributed by atoms with van der Waals surface area (Å²) >= 11 is 1.53. The fraction of sp³-hybridized carbons (Fsp3) is 0.500. The van der Waals surface area contributed by atoms with Crippen LogP contribution in [0.4, 0.5) is 0 Å². The number of fused-ring (bicyclic) bond motifs is 1. The molecule has 0 aliphatic carbocycles. The number of amides is 1. The second-order valence-corrected chi connectivity index (χ2v) is 7.27. The molecule has 0 saturated carbocycles. The molecule has 0 spiro atoms. The van der Waals surface area contributed by atoms with E-state index in [0.717, 1.165) is 52.1 Å². The maximum absolute atomic E-state index is 13.1. The van der Waals surface area contributed by atoms with E-state index in [1.807, 2.05) is 30.0 Å². The van der Waals surface area contributed by atoms with Crippen LogP contribution in [0.15, 0.2) is 18.2 Å². The lowest BCUT2D eigenvalue weighted by Crippen LogP contribution is -2.48. The van der Waals surface area contributed by atoms with Crippen LogP contribution in [0.3, 0.4) is 0 Å². The van der Waals surface area contributed by atoms with E-state index in [2.05, 4.69) is 0 Å². The number of carbonyl (C=O) groups is 1. The molecule has 124 valence electrons. The first kappa shape index (κ1) is 16.3. The van der Waals surface area contributed by atoms with Crippen molar-refractivity contribution >= 4 is 27.3 Å². The van der Waals surface area contributed by atoms with Crippen molar-refractivity contribution in [1.82, 2.24) is 4.90 Å². The lowest BCUT2D eigenvalue weighted by molar-refractivity contribution is 0.0284. The van der Waals surface area contributed by atoms with Crippen LogP contribution >= 0.6 is 11.3 Å². The van der Waals surface area contributed by atoms with Gasteiger partial charge in [0.05, 0.1) is 24.1 Å². The quantitative estimate of drug-likeness (QED) is 0.934. The number of aliphatic hydroxyl groups excluding tert-OH is 1. The number of aryl methyl sites for hydroxylation is 1. The van der Waals surface area contributed by atoms with Crippen LogP contribution in [0, 0.1) is 6.92 Å². The standard InChI is InChI=1S/C18H23NO3S/c1-11-14-10-13(22-3)7-8-16(14)23-17(11)18(21)19-9-5-4-6-15(19)12(2)20/h7-8,10,12,15,20H,4-6,9H2,1-3H3. The van der Waals surface area contributed by atoms with Crippen LogP contribution in [-0.2, 0) is 0 Å². The summed E-state index contributed by atoms with van der Waals surface area (Å²) in [6.07, 6.45) is 2.46. The van der Waals surface area contributed by atoms with Gasteiger partial charge in [0.2, 0.25) is 0 Å². The van der Waals surface area contributed by atoms with Crippen molar-refractivity contribution in [2.24, 2.45) is 0 Å². The molecule has 1 aliphatic rings. The summed E-state index contributed by atoms with van der Waals surface area (Å²) in [5, 5.41) is 11.1. The van der Waals surface area contributed by atoms with E-state index in [0.29, 0.717) is 0 Å². The largest absolute Gasteiger partial charge is 0.497 e. The van der Waals surface area contributed by atoms with E-state index in [9.17, 15) is 9.90 Å². The Bertz CT molecular complexity index is 722. The Balaban J connectivity index is 1.98. The van der Waals surface area contributed by atoms with E-state index in [4.69, 9.17) is 4.74 Å². The summed E-state index contributed by atoms with van der Waals surface area (Å²) in [7, 11) is 1.65. The second kappa shape index (κ2) is 6.49. The molecule has 2 unspecified atom stereocenters. The second-order valence-electron chi connectivity index (χ2n) is 6.22. The van der Waals surface area contributed by atoms with Gasteiger partial charge in [0.15, 0.2) is 0 Å². The Morgan fingerprint density at radius 1 is 1.43 bits per heavy atom. The topological polar surface area (TPSA) is 49.8 Å². The number of rotatable bonds is 3. The number of piperidine rings is 1. The average Bonchev–Trinajstić information content (AvgIpc) is 2.90. The first-order valence-electron chi connectivity index (χ1n) is 8.09. The molecule has 1 saturated heterocycles. The number of likely N-dealkylation sites (tertiary alicyclic amines) is 1. The van der Waals surface area contributed by atoms with Crippen molar-refractivity contribution in [3.8, 4) is 5.75 Å². The zero-order valence-corrected chi connectivity index (χ0v) is 14.7. The van der Waals surface area contributed by atoms with E-state index in [-0.39, 0.29) is 11.9 Å². The van der Waals surface area contributed by atoms with Gasteiger partial charge < -0.3 is 14.7 Å². The van der Waals surface area contributed by atoms with Gasteiger partial charge in [0, 0.05) is 11.2 Å².